The maximum atomic E-state index is 12.3. The van der Waals surface area contributed by atoms with Crippen molar-refractivity contribution in [1.82, 2.24) is 4.90 Å². The van der Waals surface area contributed by atoms with E-state index in [0.717, 1.165) is 40.1 Å². The Labute approximate surface area is 184 Å². The normalized spacial score (nSPS) is 11.7. The van der Waals surface area contributed by atoms with E-state index in [1.165, 1.54) is 7.11 Å². The Morgan fingerprint density at radius 3 is 1.87 bits per heavy atom. The van der Waals surface area contributed by atoms with Gasteiger partial charge in [-0.3, -0.25) is 4.79 Å². The van der Waals surface area contributed by atoms with Gasteiger partial charge in [0.2, 0.25) is 0 Å². The average molecular weight is 416 g/mol. The molecule has 0 radical (unpaired) electrons. The zero-order valence-corrected chi connectivity index (χ0v) is 18.4. The molecule has 0 saturated carbocycles. The van der Waals surface area contributed by atoms with Crippen molar-refractivity contribution in [2.45, 2.75) is 6.42 Å². The van der Waals surface area contributed by atoms with Gasteiger partial charge in [0.05, 0.1) is 13.5 Å². The third-order valence-electron chi connectivity index (χ3n) is 4.99. The van der Waals surface area contributed by atoms with Crippen LogP contribution in [0.4, 0.5) is 0 Å². The van der Waals surface area contributed by atoms with Crippen molar-refractivity contribution in [2.75, 3.05) is 34.4 Å². The molecule has 0 N–H and O–H groups in total. The number of hydrogen-bond acceptors (Lipinski definition) is 4. The smallest absolute Gasteiger partial charge is 0.310 e. The summed E-state index contributed by atoms with van der Waals surface area (Å²) in [6.45, 7) is 1.49. The number of hydrogen-bond donors (Lipinski definition) is 0. The van der Waals surface area contributed by atoms with Crippen LogP contribution in [-0.4, -0.2) is 45.2 Å². The molecule has 0 fully saturated rings. The van der Waals surface area contributed by atoms with Crippen LogP contribution in [0.3, 0.4) is 0 Å². The van der Waals surface area contributed by atoms with E-state index >= 15 is 0 Å². The third kappa shape index (κ3) is 6.30. The molecule has 0 heterocycles. The molecule has 0 unspecified atom stereocenters. The van der Waals surface area contributed by atoms with Crippen LogP contribution >= 0.6 is 0 Å². The number of rotatable bonds is 9. The van der Waals surface area contributed by atoms with Crippen LogP contribution in [-0.2, 0) is 9.53 Å². The summed E-state index contributed by atoms with van der Waals surface area (Å²) in [7, 11) is 5.47. The molecule has 4 heteroatoms. The summed E-state index contributed by atoms with van der Waals surface area (Å²) < 4.78 is 10.9. The second kappa shape index (κ2) is 11.1. The van der Waals surface area contributed by atoms with Gasteiger partial charge in [0.15, 0.2) is 0 Å². The van der Waals surface area contributed by atoms with E-state index in [1.807, 2.05) is 86.9 Å². The van der Waals surface area contributed by atoms with Gasteiger partial charge in [-0.05, 0) is 54.1 Å². The minimum absolute atomic E-state index is 0.186. The van der Waals surface area contributed by atoms with Gasteiger partial charge in [-0.1, -0.05) is 72.8 Å². The Morgan fingerprint density at radius 1 is 0.774 bits per heavy atom. The average Bonchev–Trinajstić information content (AvgIpc) is 2.80. The summed E-state index contributed by atoms with van der Waals surface area (Å²) in [5.74, 6) is 0.558. The molecule has 0 spiro atoms. The number of carbonyl (C=O) groups excluding carboxylic acids is 1. The Hall–Kier alpha value is -3.37. The summed E-state index contributed by atoms with van der Waals surface area (Å²) in [6.07, 6.45) is 0.186. The van der Waals surface area contributed by atoms with Crippen LogP contribution in [0, 0.1) is 0 Å². The van der Waals surface area contributed by atoms with E-state index in [4.69, 9.17) is 9.47 Å². The maximum Gasteiger partial charge on any atom is 0.310 e. The lowest BCUT2D eigenvalue weighted by atomic mass is 9.88. The highest BCUT2D eigenvalue weighted by molar-refractivity contribution is 6.03. The van der Waals surface area contributed by atoms with Crippen molar-refractivity contribution in [3.63, 3.8) is 0 Å². The lowest BCUT2D eigenvalue weighted by Crippen LogP contribution is -2.19. The fourth-order valence-electron chi connectivity index (χ4n) is 3.37. The van der Waals surface area contributed by atoms with Gasteiger partial charge < -0.3 is 14.4 Å². The first kappa shape index (κ1) is 22.3. The zero-order chi connectivity index (χ0) is 22.1. The molecule has 3 aromatic rings. The fourth-order valence-corrected chi connectivity index (χ4v) is 3.37. The number of methoxy groups -OCH3 is 1. The van der Waals surface area contributed by atoms with Crippen LogP contribution in [0.5, 0.6) is 5.75 Å². The van der Waals surface area contributed by atoms with Crippen molar-refractivity contribution < 1.29 is 14.3 Å². The Morgan fingerprint density at radius 2 is 1.32 bits per heavy atom. The number of esters is 1. The molecule has 0 amide bonds. The molecule has 0 bridgehead atoms. The van der Waals surface area contributed by atoms with Crippen molar-refractivity contribution in [2.24, 2.45) is 0 Å². The standard InChI is InChI=1S/C27H29NO3/c1-28(2)18-19-31-24-16-14-23(15-17-24)27(22-12-8-5-9-13-22)25(20-26(29)30-3)21-10-6-4-7-11-21/h4-17H,18-20H2,1-3H3. The highest BCUT2D eigenvalue weighted by atomic mass is 16.5. The zero-order valence-electron chi connectivity index (χ0n) is 18.4. The van der Waals surface area contributed by atoms with Crippen molar-refractivity contribution in [1.29, 1.82) is 0 Å². The molecule has 0 aliphatic heterocycles. The van der Waals surface area contributed by atoms with Crippen LogP contribution < -0.4 is 4.74 Å². The second-order valence-corrected chi connectivity index (χ2v) is 7.51. The highest BCUT2D eigenvalue weighted by Crippen LogP contribution is 2.35. The minimum Gasteiger partial charge on any atom is -0.492 e. The van der Waals surface area contributed by atoms with E-state index in [2.05, 4.69) is 17.0 Å². The molecular formula is C27H29NO3. The first-order valence-electron chi connectivity index (χ1n) is 10.4. The molecule has 31 heavy (non-hydrogen) atoms. The van der Waals surface area contributed by atoms with Gasteiger partial charge in [0.25, 0.3) is 0 Å². The van der Waals surface area contributed by atoms with Gasteiger partial charge >= 0.3 is 5.97 Å². The van der Waals surface area contributed by atoms with Gasteiger partial charge in [-0.2, -0.15) is 0 Å². The molecule has 0 aliphatic carbocycles. The summed E-state index contributed by atoms with van der Waals surface area (Å²) in [4.78, 5) is 14.4. The topological polar surface area (TPSA) is 38.8 Å². The van der Waals surface area contributed by atoms with Crippen LogP contribution in [0.1, 0.15) is 23.1 Å². The molecule has 160 valence electrons. The number of carbonyl (C=O) groups is 1. The predicted octanol–water partition coefficient (Wildman–Crippen LogP) is 5.15. The summed E-state index contributed by atoms with van der Waals surface area (Å²) in [5, 5.41) is 0. The van der Waals surface area contributed by atoms with E-state index in [1.54, 1.807) is 0 Å². The number of ether oxygens (including phenoxy) is 2. The molecule has 4 nitrogen and oxygen atoms in total. The van der Waals surface area contributed by atoms with Crippen molar-refractivity contribution in [3.05, 3.63) is 102 Å². The van der Waals surface area contributed by atoms with Gasteiger partial charge in [-0.15, -0.1) is 0 Å². The highest BCUT2D eigenvalue weighted by Gasteiger charge is 2.17. The second-order valence-electron chi connectivity index (χ2n) is 7.51. The van der Waals surface area contributed by atoms with Gasteiger partial charge in [0, 0.05) is 6.54 Å². The lowest BCUT2D eigenvalue weighted by Gasteiger charge is -2.17. The Balaban J connectivity index is 2.07. The van der Waals surface area contributed by atoms with Gasteiger partial charge in [0.1, 0.15) is 12.4 Å². The molecule has 0 atom stereocenters. The minimum atomic E-state index is -0.268. The van der Waals surface area contributed by atoms with E-state index < -0.39 is 0 Å². The fraction of sp³-hybridized carbons (Fsp3) is 0.222. The molecular weight excluding hydrogens is 386 g/mol. The number of likely N-dealkylation sites (N-methyl/N-ethyl adjacent to an activating group) is 1. The largest absolute Gasteiger partial charge is 0.492 e. The molecule has 3 aromatic carbocycles. The lowest BCUT2D eigenvalue weighted by molar-refractivity contribution is -0.139. The SMILES string of the molecule is COC(=O)CC(=C(c1ccccc1)c1ccc(OCCN(C)C)cc1)c1ccccc1. The summed E-state index contributed by atoms with van der Waals surface area (Å²) in [5.41, 5.74) is 5.01. The van der Waals surface area contributed by atoms with Crippen LogP contribution in [0.2, 0.25) is 0 Å². The molecule has 0 aromatic heterocycles. The quantitative estimate of drug-likeness (QED) is 0.358. The number of benzene rings is 3. The summed E-state index contributed by atoms with van der Waals surface area (Å²) in [6, 6.07) is 28.2. The van der Waals surface area contributed by atoms with Crippen molar-refractivity contribution >= 4 is 17.1 Å². The first-order valence-corrected chi connectivity index (χ1v) is 10.4. The monoisotopic (exact) mass is 415 g/mol. The first-order chi connectivity index (χ1) is 15.1. The van der Waals surface area contributed by atoms with Crippen molar-refractivity contribution in [3.8, 4) is 5.75 Å². The van der Waals surface area contributed by atoms with E-state index in [-0.39, 0.29) is 12.4 Å². The number of nitrogens with zero attached hydrogens (tertiary/aromatic N) is 1. The van der Waals surface area contributed by atoms with E-state index in [0.29, 0.717) is 6.61 Å². The molecule has 0 saturated heterocycles. The Bertz CT molecular complexity index is 994. The molecule has 0 aliphatic rings. The summed E-state index contributed by atoms with van der Waals surface area (Å²) >= 11 is 0. The molecule has 3 rings (SSSR count). The Kier molecular flexibility index (Phi) is 8.02. The third-order valence-corrected chi connectivity index (χ3v) is 4.99. The van der Waals surface area contributed by atoms with E-state index in [9.17, 15) is 4.79 Å². The maximum absolute atomic E-state index is 12.3. The van der Waals surface area contributed by atoms with Gasteiger partial charge in [-0.25, -0.2) is 0 Å². The predicted molar refractivity (Wildman–Crippen MR) is 126 cm³/mol. The van der Waals surface area contributed by atoms with Crippen LogP contribution in [0.25, 0.3) is 11.1 Å². The van der Waals surface area contributed by atoms with Crippen LogP contribution in [0.15, 0.2) is 84.9 Å².